The van der Waals surface area contributed by atoms with Gasteiger partial charge in [-0.25, -0.2) is 0 Å². The minimum Gasteiger partial charge on any atom is -0.507 e. The van der Waals surface area contributed by atoms with Crippen molar-refractivity contribution in [2.75, 3.05) is 13.1 Å². The highest BCUT2D eigenvalue weighted by Gasteiger charge is 2.32. The number of phenols is 1. The monoisotopic (exact) mass is 322 g/mol. The number of nitrogens with one attached hydrogen (secondary N) is 1. The molecule has 1 saturated heterocycles. The second-order valence-corrected chi connectivity index (χ2v) is 6.10. The number of fused-ring (bicyclic) bond motifs is 1. The second kappa shape index (κ2) is 5.63. The number of para-hydroxylation sites is 1. The van der Waals surface area contributed by atoms with Crippen LogP contribution in [-0.2, 0) is 4.79 Å². The third kappa shape index (κ3) is 2.31. The summed E-state index contributed by atoms with van der Waals surface area (Å²) in [4.78, 5) is 16.7. The summed E-state index contributed by atoms with van der Waals surface area (Å²) in [7, 11) is 0. The van der Waals surface area contributed by atoms with Gasteiger partial charge in [-0.2, -0.15) is 0 Å². The van der Waals surface area contributed by atoms with Crippen LogP contribution >= 0.6 is 0 Å². The van der Waals surface area contributed by atoms with E-state index < -0.39 is 0 Å². The van der Waals surface area contributed by atoms with Crippen molar-refractivity contribution in [2.24, 2.45) is 0 Å². The van der Waals surface area contributed by atoms with E-state index in [2.05, 4.69) is 15.2 Å². The number of H-pyrrole nitrogens is 1. The molecule has 3 aromatic rings. The zero-order valence-electron chi connectivity index (χ0n) is 13.4. The topological polar surface area (TPSA) is 82.1 Å². The first-order chi connectivity index (χ1) is 11.7. The average Bonchev–Trinajstić information content (AvgIpc) is 2.97. The Bertz CT molecular complexity index is 912. The normalized spacial score (nSPS) is 14.8. The quantitative estimate of drug-likeness (QED) is 0.776. The van der Waals surface area contributed by atoms with Crippen molar-refractivity contribution in [1.29, 1.82) is 0 Å². The van der Waals surface area contributed by atoms with Crippen molar-refractivity contribution in [1.82, 2.24) is 20.1 Å². The molecule has 1 aliphatic rings. The number of rotatable bonds is 3. The van der Waals surface area contributed by atoms with Gasteiger partial charge in [0.05, 0.1) is 5.69 Å². The number of aromatic hydroxyl groups is 1. The second-order valence-electron chi connectivity index (χ2n) is 6.10. The molecule has 2 N–H and O–H groups in total. The molecule has 0 unspecified atom stereocenters. The number of aromatic amines is 1. The van der Waals surface area contributed by atoms with E-state index in [0.29, 0.717) is 23.6 Å². The van der Waals surface area contributed by atoms with E-state index in [1.807, 2.05) is 36.2 Å². The van der Waals surface area contributed by atoms with Gasteiger partial charge in [0, 0.05) is 42.6 Å². The smallest absolute Gasteiger partial charge is 0.222 e. The summed E-state index contributed by atoms with van der Waals surface area (Å²) in [5.41, 5.74) is 3.18. The zero-order valence-corrected chi connectivity index (χ0v) is 13.4. The maximum Gasteiger partial charge on any atom is 0.222 e. The fraction of sp³-hybridized carbons (Fsp3) is 0.278. The lowest BCUT2D eigenvalue weighted by atomic mass is 9.91. The van der Waals surface area contributed by atoms with Crippen molar-refractivity contribution in [3.05, 3.63) is 42.1 Å². The molecule has 122 valence electrons. The highest BCUT2D eigenvalue weighted by Crippen LogP contribution is 2.34. The van der Waals surface area contributed by atoms with Crippen LogP contribution in [0.2, 0.25) is 0 Å². The number of carbonyl (C=O) groups excluding carboxylic acids is 1. The van der Waals surface area contributed by atoms with Crippen LogP contribution in [0.5, 0.6) is 5.75 Å². The Morgan fingerprint density at radius 2 is 2.12 bits per heavy atom. The number of carbonyl (C=O) groups is 1. The summed E-state index contributed by atoms with van der Waals surface area (Å²) in [5.74, 6) is 0.697. The van der Waals surface area contributed by atoms with Gasteiger partial charge in [-0.1, -0.05) is 19.1 Å². The maximum atomic E-state index is 11.7. The van der Waals surface area contributed by atoms with Crippen molar-refractivity contribution >= 4 is 16.9 Å². The number of likely N-dealkylation sites (tertiary alicyclic amines) is 1. The molecular formula is C18H18N4O2. The molecule has 24 heavy (non-hydrogen) atoms. The summed E-state index contributed by atoms with van der Waals surface area (Å²) in [5, 5.41) is 19.5. The lowest BCUT2D eigenvalue weighted by Crippen LogP contribution is -2.48. The minimum absolute atomic E-state index is 0.187. The van der Waals surface area contributed by atoms with Crippen LogP contribution in [0.3, 0.4) is 0 Å². The number of benzene rings is 1. The first kappa shape index (κ1) is 14.7. The van der Waals surface area contributed by atoms with Gasteiger partial charge in [-0.3, -0.25) is 4.79 Å². The fourth-order valence-corrected chi connectivity index (χ4v) is 3.20. The molecule has 1 aliphatic heterocycles. The molecule has 1 aromatic carbocycles. The van der Waals surface area contributed by atoms with Crippen molar-refractivity contribution < 1.29 is 9.90 Å². The summed E-state index contributed by atoms with van der Waals surface area (Å²) in [6.45, 7) is 3.37. The lowest BCUT2D eigenvalue weighted by Gasteiger charge is -2.39. The number of phenolic OH excluding ortho intramolecular Hbond substituents is 1. The van der Waals surface area contributed by atoms with Gasteiger partial charge in [0.15, 0.2) is 5.65 Å². The molecule has 0 radical (unpaired) electrons. The Morgan fingerprint density at radius 1 is 1.33 bits per heavy atom. The van der Waals surface area contributed by atoms with E-state index in [4.69, 9.17) is 0 Å². The number of nitrogens with zero attached hydrogens (tertiary/aromatic N) is 3. The van der Waals surface area contributed by atoms with Gasteiger partial charge in [-0.15, -0.1) is 10.2 Å². The first-order valence-corrected chi connectivity index (χ1v) is 8.08. The van der Waals surface area contributed by atoms with Gasteiger partial charge in [0.25, 0.3) is 0 Å². The Morgan fingerprint density at radius 3 is 2.88 bits per heavy atom. The average molecular weight is 322 g/mol. The highest BCUT2D eigenvalue weighted by molar-refractivity contribution is 5.85. The van der Waals surface area contributed by atoms with Crippen LogP contribution in [0.25, 0.3) is 22.3 Å². The Hall–Kier alpha value is -2.89. The molecule has 0 spiro atoms. The van der Waals surface area contributed by atoms with Gasteiger partial charge in [0.1, 0.15) is 5.75 Å². The third-order valence-corrected chi connectivity index (χ3v) is 4.63. The summed E-state index contributed by atoms with van der Waals surface area (Å²) < 4.78 is 0. The van der Waals surface area contributed by atoms with Crippen LogP contribution in [0.1, 0.15) is 24.8 Å². The molecule has 0 aliphatic carbocycles. The van der Waals surface area contributed by atoms with E-state index in [0.717, 1.165) is 29.7 Å². The minimum atomic E-state index is 0.187. The largest absolute Gasteiger partial charge is 0.507 e. The molecule has 1 fully saturated rings. The van der Waals surface area contributed by atoms with Crippen LogP contribution in [-0.4, -0.2) is 44.2 Å². The molecule has 0 atom stereocenters. The Balaban J connectivity index is 1.68. The molecule has 4 rings (SSSR count). The number of aromatic nitrogens is 3. The number of hydrogen-bond acceptors (Lipinski definition) is 4. The van der Waals surface area contributed by atoms with Crippen molar-refractivity contribution in [3.63, 3.8) is 0 Å². The van der Waals surface area contributed by atoms with E-state index in [9.17, 15) is 9.90 Å². The summed E-state index contributed by atoms with van der Waals surface area (Å²) in [6.07, 6.45) is 2.50. The summed E-state index contributed by atoms with van der Waals surface area (Å²) in [6, 6.07) is 9.05. The Labute approximate surface area is 139 Å². The molecule has 0 bridgehead atoms. The molecule has 6 nitrogen and oxygen atoms in total. The van der Waals surface area contributed by atoms with Crippen molar-refractivity contribution in [2.45, 2.75) is 19.3 Å². The van der Waals surface area contributed by atoms with E-state index in [1.54, 1.807) is 12.1 Å². The van der Waals surface area contributed by atoms with Gasteiger partial charge in [-0.05, 0) is 23.8 Å². The van der Waals surface area contributed by atoms with Crippen LogP contribution in [0.15, 0.2) is 36.5 Å². The van der Waals surface area contributed by atoms with E-state index >= 15 is 0 Å². The van der Waals surface area contributed by atoms with E-state index in [-0.39, 0.29) is 11.7 Å². The number of amides is 1. The number of hydrogen-bond donors (Lipinski definition) is 2. The fourth-order valence-electron chi connectivity index (χ4n) is 3.20. The van der Waals surface area contributed by atoms with Crippen LogP contribution < -0.4 is 0 Å². The van der Waals surface area contributed by atoms with Crippen LogP contribution in [0.4, 0.5) is 0 Å². The molecule has 6 heteroatoms. The highest BCUT2D eigenvalue weighted by atomic mass is 16.3. The van der Waals surface area contributed by atoms with Crippen molar-refractivity contribution in [3.8, 4) is 17.0 Å². The van der Waals surface area contributed by atoms with Crippen LogP contribution in [0, 0.1) is 0 Å². The lowest BCUT2D eigenvalue weighted by molar-refractivity contribution is -0.135. The molecule has 2 aromatic heterocycles. The SMILES string of the molecule is CCC(=O)N1CC(c2c[nH]c3nnc(-c4ccccc4O)cc23)C1. The standard InChI is InChI=1S/C18H18N4O2/c1-2-17(24)22-9-11(10-22)14-8-19-18-13(14)7-15(20-21-18)12-5-3-4-6-16(12)23/h3-8,11,23H,2,9-10H2,1H3,(H,19,21). The molecule has 1 amide bonds. The Kier molecular flexibility index (Phi) is 3.45. The molecule has 3 heterocycles. The van der Waals surface area contributed by atoms with Gasteiger partial charge in [0.2, 0.25) is 5.91 Å². The first-order valence-electron chi connectivity index (χ1n) is 8.08. The summed E-state index contributed by atoms with van der Waals surface area (Å²) >= 11 is 0. The third-order valence-electron chi connectivity index (χ3n) is 4.63. The van der Waals surface area contributed by atoms with E-state index in [1.165, 1.54) is 0 Å². The zero-order chi connectivity index (χ0) is 16.7. The predicted octanol–water partition coefficient (Wildman–Crippen LogP) is 2.67. The predicted molar refractivity (Wildman–Crippen MR) is 90.6 cm³/mol. The molecular weight excluding hydrogens is 304 g/mol. The van der Waals surface area contributed by atoms with Gasteiger partial charge < -0.3 is 15.0 Å². The van der Waals surface area contributed by atoms with Gasteiger partial charge >= 0.3 is 0 Å². The molecule has 0 saturated carbocycles. The maximum absolute atomic E-state index is 11.7.